The van der Waals surface area contributed by atoms with Gasteiger partial charge < -0.3 is 9.53 Å². The van der Waals surface area contributed by atoms with Gasteiger partial charge in [0.25, 0.3) is 0 Å². The van der Waals surface area contributed by atoms with Crippen molar-refractivity contribution in [3.8, 4) is 0 Å². The van der Waals surface area contributed by atoms with Crippen LogP contribution in [-0.2, 0) is 4.74 Å². The largest absolute Gasteiger partial charge is 0.465 e. The lowest BCUT2D eigenvalue weighted by atomic mass is 10.0. The number of carbonyl (C=O) groups excluding carboxylic acids is 2. The number of esters is 1. The Kier molecular flexibility index (Phi) is 2.65. The van der Waals surface area contributed by atoms with Gasteiger partial charge in [-0.25, -0.2) is 4.79 Å². The molecule has 0 bridgehead atoms. The van der Waals surface area contributed by atoms with Gasteiger partial charge >= 0.3 is 5.97 Å². The second-order valence-electron chi connectivity index (χ2n) is 2.21. The first kappa shape index (κ1) is 9.00. The molecule has 0 saturated heterocycles. The molecule has 0 aromatic carbocycles. The van der Waals surface area contributed by atoms with Crippen LogP contribution in [0, 0.1) is 0 Å². The Morgan fingerprint density at radius 2 is 2.00 bits per heavy atom. The minimum absolute atomic E-state index is 0.0323. The quantitative estimate of drug-likeness (QED) is 0.488. The number of hydrogen-bond donors (Lipinski definition) is 0. The highest BCUT2D eigenvalue weighted by Gasteiger charge is 2.10. The van der Waals surface area contributed by atoms with Crippen molar-refractivity contribution in [2.24, 2.45) is 0 Å². The van der Waals surface area contributed by atoms with Gasteiger partial charge in [-0.05, 0) is 12.1 Å². The zero-order valence-corrected chi connectivity index (χ0v) is 7.60. The molecule has 1 heterocycles. The Morgan fingerprint density at radius 1 is 1.42 bits per heavy atom. The van der Waals surface area contributed by atoms with E-state index >= 15 is 0 Å². The fourth-order valence-corrected chi connectivity index (χ4v) is 1.56. The minimum Gasteiger partial charge on any atom is -0.465 e. The molecule has 1 aromatic rings. The summed E-state index contributed by atoms with van der Waals surface area (Å²) in [6, 6.07) is 3.21. The molecular weight excluding hydrogens is 175 g/mol. The maximum absolute atomic E-state index is 10.9. The average Bonchev–Trinajstić information content (AvgIpc) is 2.51. The van der Waals surface area contributed by atoms with Crippen molar-refractivity contribution in [3.63, 3.8) is 0 Å². The van der Waals surface area contributed by atoms with Crippen LogP contribution in [0.4, 0.5) is 0 Å². The van der Waals surface area contributed by atoms with E-state index in [2.05, 4.69) is 4.74 Å². The van der Waals surface area contributed by atoms with Gasteiger partial charge in [0, 0.05) is 0 Å². The molecule has 0 spiro atoms. The average molecular weight is 182 g/mol. The van der Waals surface area contributed by atoms with Crippen molar-refractivity contribution in [2.75, 3.05) is 7.11 Å². The highest BCUT2D eigenvalue weighted by atomic mass is 32.1. The monoisotopic (exact) mass is 182 g/mol. The summed E-state index contributed by atoms with van der Waals surface area (Å²) in [7, 11) is 2.78. The van der Waals surface area contributed by atoms with Crippen LogP contribution in [0.1, 0.15) is 19.3 Å². The molecule has 0 aliphatic rings. The van der Waals surface area contributed by atoms with Gasteiger partial charge in [-0.15, -0.1) is 11.3 Å². The van der Waals surface area contributed by atoms with Crippen molar-refractivity contribution < 1.29 is 14.3 Å². The summed E-state index contributed by atoms with van der Waals surface area (Å²) >= 11 is 1.15. The summed E-state index contributed by atoms with van der Waals surface area (Å²) in [5, 5.41) is 0. The van der Waals surface area contributed by atoms with Gasteiger partial charge in [0.2, 0.25) is 0 Å². The molecule has 62 valence electrons. The van der Waals surface area contributed by atoms with Gasteiger partial charge in [0.1, 0.15) is 10.6 Å². The molecule has 0 N–H and O–H groups in total. The standard InChI is InChI=1S/C7H7BO3S/c1-11-7(10)5-3-2-4(12-5)6(8)9/h2-3H,8H2,1H3. The predicted molar refractivity (Wildman–Crippen MR) is 48.5 cm³/mol. The van der Waals surface area contributed by atoms with E-state index < -0.39 is 5.97 Å². The van der Waals surface area contributed by atoms with Crippen LogP contribution < -0.4 is 0 Å². The molecule has 3 nitrogen and oxygen atoms in total. The van der Waals surface area contributed by atoms with Crippen LogP contribution in [0.3, 0.4) is 0 Å². The SMILES string of the molecule is BC(=O)c1ccc(C(=O)OC)s1. The fraction of sp³-hybridized carbons (Fsp3) is 0.143. The van der Waals surface area contributed by atoms with Gasteiger partial charge in [-0.3, -0.25) is 0 Å². The summed E-state index contributed by atoms with van der Waals surface area (Å²) in [5.74, 6) is -0.396. The van der Waals surface area contributed by atoms with E-state index in [1.54, 1.807) is 12.1 Å². The molecular formula is C7H7BO3S. The first-order valence-corrected chi connectivity index (χ1v) is 4.16. The minimum atomic E-state index is -0.396. The number of rotatable bonds is 2. The van der Waals surface area contributed by atoms with E-state index in [4.69, 9.17) is 0 Å². The molecule has 0 saturated carbocycles. The first-order valence-electron chi connectivity index (χ1n) is 3.34. The van der Waals surface area contributed by atoms with Gasteiger partial charge in [-0.2, -0.15) is 0 Å². The zero-order valence-electron chi connectivity index (χ0n) is 6.79. The highest BCUT2D eigenvalue weighted by molar-refractivity contribution is 7.17. The van der Waals surface area contributed by atoms with E-state index in [1.807, 2.05) is 0 Å². The second-order valence-corrected chi connectivity index (χ2v) is 3.30. The smallest absolute Gasteiger partial charge is 0.348 e. The normalized spacial score (nSPS) is 9.42. The van der Waals surface area contributed by atoms with Gasteiger partial charge in [0.15, 0.2) is 7.85 Å². The maximum atomic E-state index is 10.9. The number of methoxy groups -OCH3 is 1. The number of hydrogen-bond acceptors (Lipinski definition) is 4. The molecule has 0 aliphatic heterocycles. The molecule has 0 aliphatic carbocycles. The third-order valence-electron chi connectivity index (χ3n) is 1.34. The molecule has 0 amide bonds. The van der Waals surface area contributed by atoms with Crippen molar-refractivity contribution in [2.45, 2.75) is 0 Å². The molecule has 0 fully saturated rings. The summed E-state index contributed by atoms with van der Waals surface area (Å²) < 4.78 is 4.49. The lowest BCUT2D eigenvalue weighted by molar-refractivity contribution is 0.0606. The third kappa shape index (κ3) is 1.74. The van der Waals surface area contributed by atoms with Crippen LogP contribution in [0.2, 0.25) is 0 Å². The lowest BCUT2D eigenvalue weighted by Crippen LogP contribution is -1.97. The summed E-state index contributed by atoms with van der Waals surface area (Å²) in [6.07, 6.45) is 0. The molecule has 0 unspecified atom stereocenters. The van der Waals surface area contributed by atoms with Crippen molar-refractivity contribution in [1.29, 1.82) is 0 Å². The van der Waals surface area contributed by atoms with E-state index in [9.17, 15) is 9.59 Å². The highest BCUT2D eigenvalue weighted by Crippen LogP contribution is 2.16. The topological polar surface area (TPSA) is 43.4 Å². The van der Waals surface area contributed by atoms with E-state index in [1.165, 1.54) is 15.0 Å². The molecule has 12 heavy (non-hydrogen) atoms. The molecule has 5 heteroatoms. The Hall–Kier alpha value is -1.10. The van der Waals surface area contributed by atoms with Gasteiger partial charge in [0.05, 0.1) is 12.0 Å². The Balaban J connectivity index is 2.91. The Labute approximate surface area is 74.8 Å². The molecule has 0 radical (unpaired) electrons. The van der Waals surface area contributed by atoms with Crippen molar-refractivity contribution in [3.05, 3.63) is 21.9 Å². The van der Waals surface area contributed by atoms with Crippen LogP contribution in [-0.4, -0.2) is 26.6 Å². The van der Waals surface area contributed by atoms with Gasteiger partial charge in [-0.1, -0.05) is 0 Å². The summed E-state index contributed by atoms with van der Waals surface area (Å²) in [4.78, 5) is 22.8. The number of thiophene rings is 1. The molecule has 0 atom stereocenters. The van der Waals surface area contributed by atoms with Crippen LogP contribution in [0.5, 0.6) is 0 Å². The summed E-state index contributed by atoms with van der Waals surface area (Å²) in [5.41, 5.74) is -0.0323. The van der Waals surface area contributed by atoms with Crippen LogP contribution in [0.25, 0.3) is 0 Å². The lowest BCUT2D eigenvalue weighted by Gasteiger charge is -1.91. The van der Waals surface area contributed by atoms with E-state index in [0.29, 0.717) is 9.75 Å². The fourth-order valence-electron chi connectivity index (χ4n) is 0.737. The van der Waals surface area contributed by atoms with E-state index in [0.717, 1.165) is 11.3 Å². The van der Waals surface area contributed by atoms with Crippen LogP contribution in [0.15, 0.2) is 12.1 Å². The molecule has 1 aromatic heterocycles. The summed E-state index contributed by atoms with van der Waals surface area (Å²) in [6.45, 7) is 0. The molecule has 1 rings (SSSR count). The van der Waals surface area contributed by atoms with E-state index in [-0.39, 0.29) is 5.68 Å². The van der Waals surface area contributed by atoms with Crippen molar-refractivity contribution in [1.82, 2.24) is 0 Å². The van der Waals surface area contributed by atoms with Crippen molar-refractivity contribution >= 4 is 30.8 Å². The first-order chi connectivity index (χ1) is 5.65. The number of ether oxygens (including phenoxy) is 1. The number of carbonyl (C=O) groups is 2. The Morgan fingerprint density at radius 3 is 2.42 bits per heavy atom. The maximum Gasteiger partial charge on any atom is 0.348 e. The van der Waals surface area contributed by atoms with Crippen LogP contribution >= 0.6 is 11.3 Å². The second kappa shape index (κ2) is 3.54. The third-order valence-corrected chi connectivity index (χ3v) is 2.51. The Bertz CT molecular complexity index is 318. The predicted octanol–water partition coefficient (Wildman–Crippen LogP) is 0.308. The zero-order chi connectivity index (χ0) is 9.14.